The third-order valence-corrected chi connectivity index (χ3v) is 6.31. The average molecular weight is 334 g/mol. The summed E-state index contributed by atoms with van der Waals surface area (Å²) in [6.45, 7) is 10.6. The lowest BCUT2D eigenvalue weighted by molar-refractivity contribution is 0.587. The number of hydrogen-bond donors (Lipinski definition) is 0. The van der Waals surface area contributed by atoms with Crippen LogP contribution in [0.5, 0.6) is 0 Å². The SMILES string of the molecule is CCc1c(C(C)C)cnn1Cc1ccc(S(=O)(=O)C(C)C)cc1. The van der Waals surface area contributed by atoms with E-state index in [2.05, 4.69) is 25.9 Å². The number of hydrogen-bond acceptors (Lipinski definition) is 3. The normalized spacial score (nSPS) is 12.3. The maximum absolute atomic E-state index is 12.2. The topological polar surface area (TPSA) is 52.0 Å². The first-order chi connectivity index (χ1) is 10.8. The molecule has 23 heavy (non-hydrogen) atoms. The minimum atomic E-state index is -3.21. The molecule has 2 aromatic rings. The van der Waals surface area contributed by atoms with Crippen molar-refractivity contribution in [3.8, 4) is 0 Å². The molecular weight excluding hydrogens is 308 g/mol. The lowest BCUT2D eigenvalue weighted by Gasteiger charge is -2.11. The Hall–Kier alpha value is -1.62. The smallest absolute Gasteiger partial charge is 0.180 e. The van der Waals surface area contributed by atoms with Crippen LogP contribution in [0.4, 0.5) is 0 Å². The molecule has 4 nitrogen and oxygen atoms in total. The van der Waals surface area contributed by atoms with Gasteiger partial charge in [0.25, 0.3) is 0 Å². The molecule has 1 heterocycles. The molecule has 0 spiro atoms. The van der Waals surface area contributed by atoms with Gasteiger partial charge < -0.3 is 0 Å². The highest BCUT2D eigenvalue weighted by Gasteiger charge is 2.19. The summed E-state index contributed by atoms with van der Waals surface area (Å²) in [7, 11) is -3.21. The molecule has 0 N–H and O–H groups in total. The van der Waals surface area contributed by atoms with Gasteiger partial charge in [-0.1, -0.05) is 32.9 Å². The van der Waals surface area contributed by atoms with Crippen molar-refractivity contribution in [2.45, 2.75) is 63.6 Å². The highest BCUT2D eigenvalue weighted by atomic mass is 32.2. The second-order valence-electron chi connectivity index (χ2n) is 6.45. The minimum absolute atomic E-state index is 0.385. The number of aromatic nitrogens is 2. The Labute approximate surface area is 139 Å². The lowest BCUT2D eigenvalue weighted by Crippen LogP contribution is -2.14. The molecule has 0 fully saturated rings. The maximum Gasteiger partial charge on any atom is 0.180 e. The van der Waals surface area contributed by atoms with Gasteiger partial charge in [0, 0.05) is 5.69 Å². The number of benzene rings is 1. The molecule has 0 unspecified atom stereocenters. The van der Waals surface area contributed by atoms with E-state index >= 15 is 0 Å². The molecule has 1 aromatic heterocycles. The Bertz CT molecular complexity index is 757. The summed E-state index contributed by atoms with van der Waals surface area (Å²) >= 11 is 0. The Balaban J connectivity index is 2.26. The molecule has 0 aliphatic heterocycles. The van der Waals surface area contributed by atoms with E-state index in [-0.39, 0.29) is 0 Å². The van der Waals surface area contributed by atoms with Crippen LogP contribution in [-0.4, -0.2) is 23.4 Å². The van der Waals surface area contributed by atoms with Gasteiger partial charge >= 0.3 is 0 Å². The van der Waals surface area contributed by atoms with Crippen molar-refractivity contribution >= 4 is 9.84 Å². The third kappa shape index (κ3) is 3.66. The van der Waals surface area contributed by atoms with E-state index < -0.39 is 15.1 Å². The van der Waals surface area contributed by atoms with E-state index in [0.29, 0.717) is 17.4 Å². The van der Waals surface area contributed by atoms with Crippen molar-refractivity contribution in [2.75, 3.05) is 0 Å². The van der Waals surface area contributed by atoms with Crippen LogP contribution in [0.15, 0.2) is 35.4 Å². The zero-order valence-corrected chi connectivity index (χ0v) is 15.4. The molecule has 2 rings (SSSR count). The summed E-state index contributed by atoms with van der Waals surface area (Å²) in [5, 5.41) is 4.10. The number of rotatable bonds is 6. The van der Waals surface area contributed by atoms with Crippen molar-refractivity contribution in [3.05, 3.63) is 47.3 Å². The van der Waals surface area contributed by atoms with Crippen LogP contribution in [0, 0.1) is 0 Å². The fourth-order valence-electron chi connectivity index (χ4n) is 2.66. The Morgan fingerprint density at radius 1 is 1.09 bits per heavy atom. The first kappa shape index (κ1) is 17.7. The average Bonchev–Trinajstić information content (AvgIpc) is 2.90. The summed E-state index contributed by atoms with van der Waals surface area (Å²) in [4.78, 5) is 0.385. The summed E-state index contributed by atoms with van der Waals surface area (Å²) in [6.07, 6.45) is 2.88. The van der Waals surface area contributed by atoms with Gasteiger partial charge in [-0.3, -0.25) is 4.68 Å². The zero-order valence-electron chi connectivity index (χ0n) is 14.6. The fourth-order valence-corrected chi connectivity index (χ4v) is 3.72. The van der Waals surface area contributed by atoms with Crippen molar-refractivity contribution in [1.82, 2.24) is 9.78 Å². The van der Waals surface area contributed by atoms with Gasteiger partial charge in [-0.15, -0.1) is 0 Å². The van der Waals surface area contributed by atoms with Gasteiger partial charge in [-0.2, -0.15) is 5.10 Å². The third-order valence-electron chi connectivity index (χ3n) is 4.14. The minimum Gasteiger partial charge on any atom is -0.265 e. The van der Waals surface area contributed by atoms with E-state index in [1.54, 1.807) is 26.0 Å². The van der Waals surface area contributed by atoms with E-state index in [1.165, 1.54) is 11.3 Å². The largest absolute Gasteiger partial charge is 0.265 e. The van der Waals surface area contributed by atoms with Crippen LogP contribution in [-0.2, 0) is 22.8 Å². The lowest BCUT2D eigenvalue weighted by atomic mass is 10.0. The summed E-state index contributed by atoms with van der Waals surface area (Å²) in [5.41, 5.74) is 3.59. The quantitative estimate of drug-likeness (QED) is 0.807. The van der Waals surface area contributed by atoms with Crippen molar-refractivity contribution in [3.63, 3.8) is 0 Å². The molecule has 0 bridgehead atoms. The highest BCUT2D eigenvalue weighted by molar-refractivity contribution is 7.92. The van der Waals surface area contributed by atoms with Crippen LogP contribution in [0.1, 0.15) is 57.4 Å². The highest BCUT2D eigenvalue weighted by Crippen LogP contribution is 2.21. The standard InChI is InChI=1S/C18H26N2O2S/c1-6-18-17(13(2)3)11-19-20(18)12-15-7-9-16(10-8-15)23(21,22)14(4)5/h7-11,13-14H,6,12H2,1-5H3. The van der Waals surface area contributed by atoms with Crippen LogP contribution in [0.3, 0.4) is 0 Å². The van der Waals surface area contributed by atoms with Crippen LogP contribution in [0.25, 0.3) is 0 Å². The summed E-state index contributed by atoms with van der Waals surface area (Å²) in [6, 6.07) is 7.16. The molecule has 0 atom stereocenters. The number of sulfone groups is 1. The molecule has 0 aliphatic carbocycles. The molecule has 0 aliphatic rings. The van der Waals surface area contributed by atoms with Gasteiger partial charge in [-0.25, -0.2) is 8.42 Å². The first-order valence-corrected chi connectivity index (χ1v) is 9.69. The first-order valence-electron chi connectivity index (χ1n) is 8.14. The van der Waals surface area contributed by atoms with Gasteiger partial charge in [0.05, 0.1) is 22.9 Å². The van der Waals surface area contributed by atoms with E-state index in [1.807, 2.05) is 23.0 Å². The monoisotopic (exact) mass is 334 g/mol. The van der Waals surface area contributed by atoms with Gasteiger partial charge in [0.15, 0.2) is 9.84 Å². The van der Waals surface area contributed by atoms with Crippen molar-refractivity contribution < 1.29 is 8.42 Å². The zero-order chi connectivity index (χ0) is 17.2. The fraction of sp³-hybridized carbons (Fsp3) is 0.500. The molecule has 126 valence electrons. The van der Waals surface area contributed by atoms with Gasteiger partial charge in [0.1, 0.15) is 0 Å². The molecule has 5 heteroatoms. The molecule has 0 saturated heterocycles. The van der Waals surface area contributed by atoms with E-state index in [9.17, 15) is 8.42 Å². The second kappa shape index (κ2) is 6.87. The predicted octanol–water partition coefficient (Wildman–Crippen LogP) is 3.80. The van der Waals surface area contributed by atoms with Crippen LogP contribution >= 0.6 is 0 Å². The summed E-state index contributed by atoms with van der Waals surface area (Å²) < 4.78 is 26.3. The molecule has 0 radical (unpaired) electrons. The Kier molecular flexibility index (Phi) is 5.30. The second-order valence-corrected chi connectivity index (χ2v) is 8.95. The molecule has 0 amide bonds. The molecule has 1 aromatic carbocycles. The summed E-state index contributed by atoms with van der Waals surface area (Å²) in [5.74, 6) is 0.456. The Morgan fingerprint density at radius 2 is 1.70 bits per heavy atom. The van der Waals surface area contributed by atoms with Gasteiger partial charge in [-0.05, 0) is 49.4 Å². The van der Waals surface area contributed by atoms with Crippen LogP contribution in [0.2, 0.25) is 0 Å². The van der Waals surface area contributed by atoms with Gasteiger partial charge in [0.2, 0.25) is 0 Å². The molecular formula is C18H26N2O2S. The molecule has 0 saturated carbocycles. The Morgan fingerprint density at radius 3 is 2.17 bits per heavy atom. The predicted molar refractivity (Wildman–Crippen MR) is 93.6 cm³/mol. The van der Waals surface area contributed by atoms with E-state index in [4.69, 9.17) is 0 Å². The van der Waals surface area contributed by atoms with Crippen molar-refractivity contribution in [1.29, 1.82) is 0 Å². The number of nitrogens with zero attached hydrogens (tertiary/aromatic N) is 2. The van der Waals surface area contributed by atoms with E-state index in [0.717, 1.165) is 12.0 Å². The van der Waals surface area contributed by atoms with Crippen molar-refractivity contribution in [2.24, 2.45) is 0 Å². The van der Waals surface area contributed by atoms with Crippen LogP contribution < -0.4 is 0 Å². The maximum atomic E-state index is 12.2.